The fourth-order valence-electron chi connectivity index (χ4n) is 5.72. The number of carbonyl (C=O) groups is 1. The Hall–Kier alpha value is -2.31. The van der Waals surface area contributed by atoms with Gasteiger partial charge in [0.25, 0.3) is 0 Å². The Morgan fingerprint density at radius 3 is 2.67 bits per heavy atom. The maximum Gasteiger partial charge on any atom is 0.407 e. The maximum absolute atomic E-state index is 12.0. The molecule has 162 valence electrons. The van der Waals surface area contributed by atoms with E-state index >= 15 is 0 Å². The van der Waals surface area contributed by atoms with E-state index in [2.05, 4.69) is 22.7 Å². The van der Waals surface area contributed by atoms with E-state index in [4.69, 9.17) is 9.72 Å². The van der Waals surface area contributed by atoms with Gasteiger partial charge in [-0.3, -0.25) is 0 Å². The molecule has 2 saturated carbocycles. The Labute approximate surface area is 178 Å². The van der Waals surface area contributed by atoms with Crippen LogP contribution in [0.3, 0.4) is 0 Å². The highest BCUT2D eigenvalue weighted by atomic mass is 16.6. The van der Waals surface area contributed by atoms with Gasteiger partial charge < -0.3 is 15.4 Å². The minimum absolute atomic E-state index is 0.153. The monoisotopic (exact) mass is 411 g/mol. The molecule has 2 fully saturated rings. The molecule has 2 heterocycles. The third-order valence-electron chi connectivity index (χ3n) is 7.25. The first-order valence-corrected chi connectivity index (χ1v) is 11.4. The molecule has 1 amide bonds. The second kappa shape index (κ2) is 6.86. The number of hydrogen-bond donors (Lipinski definition) is 2. The molecule has 2 aromatic rings. The van der Waals surface area contributed by atoms with Crippen LogP contribution in [-0.4, -0.2) is 38.4 Å². The highest BCUT2D eigenvalue weighted by molar-refractivity contribution is 5.68. The van der Waals surface area contributed by atoms with Gasteiger partial charge in [-0.15, -0.1) is 0 Å². The van der Waals surface area contributed by atoms with Gasteiger partial charge >= 0.3 is 6.09 Å². The molecule has 1 atom stereocenters. The fourth-order valence-corrected chi connectivity index (χ4v) is 5.72. The van der Waals surface area contributed by atoms with Gasteiger partial charge in [-0.25, -0.2) is 9.78 Å². The van der Waals surface area contributed by atoms with E-state index < -0.39 is 5.60 Å². The van der Waals surface area contributed by atoms with Gasteiger partial charge in [0.1, 0.15) is 11.4 Å². The van der Waals surface area contributed by atoms with Crippen molar-refractivity contribution < 1.29 is 9.53 Å². The summed E-state index contributed by atoms with van der Waals surface area (Å²) < 4.78 is 7.34. The number of hydrogen-bond acceptors (Lipinski definition) is 5. The third-order valence-corrected chi connectivity index (χ3v) is 7.25. The Kier molecular flexibility index (Phi) is 4.49. The Morgan fingerprint density at radius 2 is 1.97 bits per heavy atom. The molecule has 30 heavy (non-hydrogen) atoms. The molecule has 1 unspecified atom stereocenters. The molecule has 3 aliphatic carbocycles. The van der Waals surface area contributed by atoms with Crippen LogP contribution >= 0.6 is 0 Å². The van der Waals surface area contributed by atoms with Crippen LogP contribution in [0.25, 0.3) is 5.65 Å². The summed E-state index contributed by atoms with van der Waals surface area (Å²) in [6.07, 6.45) is 9.46. The molecule has 5 rings (SSSR count). The average Bonchev–Trinajstić information content (AvgIpc) is 3.33. The van der Waals surface area contributed by atoms with Gasteiger partial charge in [-0.1, -0.05) is 19.8 Å². The summed E-state index contributed by atoms with van der Waals surface area (Å²) in [5.74, 6) is 1.73. The summed E-state index contributed by atoms with van der Waals surface area (Å²) >= 11 is 0. The predicted molar refractivity (Wildman–Crippen MR) is 116 cm³/mol. The molecule has 0 aliphatic heterocycles. The van der Waals surface area contributed by atoms with Crippen molar-refractivity contribution in [3.05, 3.63) is 23.5 Å². The van der Waals surface area contributed by atoms with Gasteiger partial charge in [-0.2, -0.15) is 9.61 Å². The van der Waals surface area contributed by atoms with Crippen LogP contribution in [0.1, 0.15) is 77.5 Å². The summed E-state index contributed by atoms with van der Waals surface area (Å²) in [7, 11) is 0. The summed E-state index contributed by atoms with van der Waals surface area (Å²) in [5, 5.41) is 11.3. The van der Waals surface area contributed by atoms with Crippen LogP contribution in [0, 0.1) is 5.92 Å². The first-order valence-electron chi connectivity index (χ1n) is 11.4. The van der Waals surface area contributed by atoms with Crippen molar-refractivity contribution in [1.82, 2.24) is 19.9 Å². The SMILES string of the molecule is CC1Cc2c(nc3ccnn3c2N[C@H]2C[C@H](NC(=O)OC(C)(C)C)C2)C12CCCC2. The number of rotatable bonds is 3. The van der Waals surface area contributed by atoms with E-state index in [0.717, 1.165) is 30.7 Å². The zero-order chi connectivity index (χ0) is 21.1. The van der Waals surface area contributed by atoms with Crippen LogP contribution < -0.4 is 10.6 Å². The molecule has 2 N–H and O–H groups in total. The normalized spacial score (nSPS) is 27.1. The number of alkyl carbamates (subject to hydrolysis) is 1. The van der Waals surface area contributed by atoms with Gasteiger partial charge in [0.2, 0.25) is 0 Å². The zero-order valence-corrected chi connectivity index (χ0v) is 18.5. The summed E-state index contributed by atoms with van der Waals surface area (Å²) in [6.45, 7) is 8.04. The van der Waals surface area contributed by atoms with Crippen molar-refractivity contribution in [2.75, 3.05) is 5.32 Å². The van der Waals surface area contributed by atoms with Gasteiger partial charge in [-0.05, 0) is 58.8 Å². The first-order chi connectivity index (χ1) is 14.2. The molecule has 0 bridgehead atoms. The number of nitrogens with one attached hydrogen (secondary N) is 2. The van der Waals surface area contributed by atoms with E-state index in [1.807, 2.05) is 37.5 Å². The van der Waals surface area contributed by atoms with Crippen LogP contribution in [0.2, 0.25) is 0 Å². The summed E-state index contributed by atoms with van der Waals surface area (Å²) in [5.41, 5.74) is 3.37. The van der Waals surface area contributed by atoms with Crippen molar-refractivity contribution in [3.8, 4) is 0 Å². The molecule has 1 spiro atoms. The van der Waals surface area contributed by atoms with Crippen LogP contribution in [0.4, 0.5) is 10.6 Å². The van der Waals surface area contributed by atoms with E-state index in [1.54, 1.807) is 0 Å². The van der Waals surface area contributed by atoms with Crippen molar-refractivity contribution in [2.45, 2.75) is 95.7 Å². The van der Waals surface area contributed by atoms with E-state index in [-0.39, 0.29) is 17.6 Å². The van der Waals surface area contributed by atoms with Gasteiger partial charge in [0.15, 0.2) is 5.65 Å². The highest BCUT2D eigenvalue weighted by Crippen LogP contribution is 2.54. The average molecular weight is 412 g/mol. The smallest absolute Gasteiger partial charge is 0.407 e. The highest BCUT2D eigenvalue weighted by Gasteiger charge is 2.49. The van der Waals surface area contributed by atoms with Crippen LogP contribution in [0.15, 0.2) is 12.3 Å². The minimum atomic E-state index is -0.471. The van der Waals surface area contributed by atoms with E-state index in [0.29, 0.717) is 12.0 Å². The molecule has 0 aromatic carbocycles. The topological polar surface area (TPSA) is 80.5 Å². The summed E-state index contributed by atoms with van der Waals surface area (Å²) in [6, 6.07) is 2.48. The second-order valence-corrected chi connectivity index (χ2v) is 10.5. The van der Waals surface area contributed by atoms with E-state index in [9.17, 15) is 4.79 Å². The lowest BCUT2D eigenvalue weighted by Crippen LogP contribution is -2.51. The van der Waals surface area contributed by atoms with Crippen molar-refractivity contribution in [2.24, 2.45) is 5.92 Å². The molecule has 3 aliphatic rings. The van der Waals surface area contributed by atoms with E-state index in [1.165, 1.54) is 36.9 Å². The number of fused-ring (bicyclic) bond motifs is 3. The summed E-state index contributed by atoms with van der Waals surface area (Å²) in [4.78, 5) is 17.1. The molecule has 0 radical (unpaired) electrons. The largest absolute Gasteiger partial charge is 0.444 e. The Balaban J connectivity index is 1.34. The van der Waals surface area contributed by atoms with Crippen molar-refractivity contribution in [1.29, 1.82) is 0 Å². The lowest BCUT2D eigenvalue weighted by molar-refractivity contribution is 0.0475. The Morgan fingerprint density at radius 1 is 1.23 bits per heavy atom. The van der Waals surface area contributed by atoms with Gasteiger partial charge in [0, 0.05) is 29.1 Å². The number of aromatic nitrogens is 3. The predicted octanol–water partition coefficient (Wildman–Crippen LogP) is 4.20. The van der Waals surface area contributed by atoms with Crippen molar-refractivity contribution >= 4 is 17.6 Å². The number of ether oxygens (including phenoxy) is 1. The van der Waals surface area contributed by atoms with Crippen LogP contribution in [0.5, 0.6) is 0 Å². The standard InChI is InChI=1S/C23H33N5O2/c1-14-11-17-19(23(14)8-5-6-9-23)27-18-7-10-24-28(18)20(17)25-15-12-16(13-15)26-21(29)30-22(2,3)4/h7,10,14-16,25H,5-6,8-9,11-13H2,1-4H3,(H,26,29)/t14?,15-,16-. The second-order valence-electron chi connectivity index (χ2n) is 10.5. The quantitative estimate of drug-likeness (QED) is 0.791. The number of carbonyl (C=O) groups excluding carboxylic acids is 1. The van der Waals surface area contributed by atoms with Crippen LogP contribution in [-0.2, 0) is 16.6 Å². The maximum atomic E-state index is 12.0. The molecular weight excluding hydrogens is 378 g/mol. The minimum Gasteiger partial charge on any atom is -0.444 e. The molecule has 2 aromatic heterocycles. The van der Waals surface area contributed by atoms with Gasteiger partial charge in [0.05, 0.1) is 11.9 Å². The fraction of sp³-hybridized carbons (Fsp3) is 0.696. The zero-order valence-electron chi connectivity index (χ0n) is 18.5. The van der Waals surface area contributed by atoms with Crippen molar-refractivity contribution in [3.63, 3.8) is 0 Å². The lowest BCUT2D eigenvalue weighted by Gasteiger charge is -2.37. The number of nitrogens with zero attached hydrogens (tertiary/aromatic N) is 3. The molecule has 7 nitrogen and oxygen atoms in total. The molecule has 0 saturated heterocycles. The molecule has 7 heteroatoms. The lowest BCUT2D eigenvalue weighted by atomic mass is 9.76. The Bertz CT molecular complexity index is 964. The first kappa shape index (κ1) is 19.6. The third kappa shape index (κ3) is 3.22. The number of anilines is 1. The molecular formula is C23H33N5O2. The number of amides is 1.